The predicted octanol–water partition coefficient (Wildman–Crippen LogP) is 7.72. The lowest BCUT2D eigenvalue weighted by atomic mass is 9.78. The molecule has 296 valence electrons. The Hall–Kier alpha value is -5.85. The van der Waals surface area contributed by atoms with Gasteiger partial charge < -0.3 is 30.2 Å². The lowest BCUT2D eigenvalue weighted by molar-refractivity contribution is -0.135. The summed E-state index contributed by atoms with van der Waals surface area (Å²) < 4.78 is 19.1. The SMILES string of the molecule is COC(=O)NC(C(=O)N1CCC[C@H]1c1ncc(-c2ccc(-c3ccc(-c4cnc([C@@H]5[C@H]6CC[C@H](C6)[C@H]5C(=O)N[C@H](C)c5cccnc5F)[nH]4)cc3)cc2)[nH]1)C(C)C. The van der Waals surface area contributed by atoms with Gasteiger partial charge in [0.2, 0.25) is 17.8 Å². The molecular weight excluding hydrogens is 724 g/mol. The molecule has 0 spiro atoms. The summed E-state index contributed by atoms with van der Waals surface area (Å²) in [4.78, 5) is 61.3. The van der Waals surface area contributed by atoms with Crippen molar-refractivity contribution in [1.29, 1.82) is 0 Å². The second kappa shape index (κ2) is 16.0. The number of likely N-dealkylation sites (tertiary alicyclic amines) is 1. The number of H-pyrrole nitrogens is 2. The highest BCUT2D eigenvalue weighted by atomic mass is 19.1. The van der Waals surface area contributed by atoms with Crippen LogP contribution in [0.15, 0.2) is 79.3 Å². The van der Waals surface area contributed by atoms with Gasteiger partial charge in [-0.2, -0.15) is 4.39 Å². The van der Waals surface area contributed by atoms with Crippen LogP contribution in [0.2, 0.25) is 0 Å². The van der Waals surface area contributed by atoms with Crippen molar-refractivity contribution in [3.63, 3.8) is 0 Å². The maximum Gasteiger partial charge on any atom is 0.407 e. The van der Waals surface area contributed by atoms with E-state index in [1.54, 1.807) is 25.3 Å². The molecule has 3 amide bonds. The summed E-state index contributed by atoms with van der Waals surface area (Å²) in [5.74, 6) is 1.14. The smallest absolute Gasteiger partial charge is 0.407 e. The van der Waals surface area contributed by atoms with Gasteiger partial charge in [0.1, 0.15) is 17.7 Å². The van der Waals surface area contributed by atoms with Crippen LogP contribution in [-0.4, -0.2) is 67.4 Å². The molecule has 3 aliphatic rings. The Morgan fingerprint density at radius 2 is 1.42 bits per heavy atom. The number of hydrogen-bond acceptors (Lipinski definition) is 7. The first-order valence-electron chi connectivity index (χ1n) is 20.0. The number of ether oxygens (including phenoxy) is 1. The average Bonchev–Trinajstić information content (AvgIpc) is 4.08. The van der Waals surface area contributed by atoms with Crippen LogP contribution in [0, 0.1) is 29.6 Å². The van der Waals surface area contributed by atoms with Crippen molar-refractivity contribution >= 4 is 17.9 Å². The number of benzene rings is 2. The lowest BCUT2D eigenvalue weighted by Crippen LogP contribution is -2.51. The van der Waals surface area contributed by atoms with Gasteiger partial charge in [0.05, 0.1) is 48.9 Å². The fourth-order valence-electron chi connectivity index (χ4n) is 9.35. The summed E-state index contributed by atoms with van der Waals surface area (Å²) in [6.07, 6.45) is 9.18. The van der Waals surface area contributed by atoms with Crippen molar-refractivity contribution in [1.82, 2.24) is 40.5 Å². The number of alkyl carbamates (subject to hydrolysis) is 1. The molecule has 2 aliphatic carbocycles. The molecule has 2 saturated carbocycles. The number of hydrogen-bond donors (Lipinski definition) is 4. The molecule has 5 aromatic rings. The van der Waals surface area contributed by atoms with Gasteiger partial charge >= 0.3 is 6.09 Å². The van der Waals surface area contributed by atoms with Gasteiger partial charge in [-0.25, -0.2) is 19.7 Å². The number of pyridine rings is 1. The Morgan fingerprint density at radius 1 is 0.807 bits per heavy atom. The fourth-order valence-corrected chi connectivity index (χ4v) is 9.35. The summed E-state index contributed by atoms with van der Waals surface area (Å²) in [5.41, 5.74) is 6.26. The van der Waals surface area contributed by atoms with Gasteiger partial charge in [-0.3, -0.25) is 9.59 Å². The van der Waals surface area contributed by atoms with E-state index < -0.39 is 24.1 Å². The van der Waals surface area contributed by atoms with Crippen molar-refractivity contribution in [3.8, 4) is 33.6 Å². The molecule has 0 radical (unpaired) electrons. The Bertz CT molecular complexity index is 2230. The van der Waals surface area contributed by atoms with Crippen LogP contribution in [0.5, 0.6) is 0 Å². The minimum absolute atomic E-state index is 0.0145. The molecule has 1 saturated heterocycles. The highest BCUT2D eigenvalue weighted by molar-refractivity contribution is 5.86. The Morgan fingerprint density at radius 3 is 2.05 bits per heavy atom. The number of carbonyl (C=O) groups excluding carboxylic acids is 3. The molecule has 13 heteroatoms. The Kier molecular flexibility index (Phi) is 10.6. The van der Waals surface area contributed by atoms with E-state index in [9.17, 15) is 18.8 Å². The Balaban J connectivity index is 0.923. The largest absolute Gasteiger partial charge is 0.453 e. The molecule has 57 heavy (non-hydrogen) atoms. The van der Waals surface area contributed by atoms with Crippen molar-refractivity contribution in [3.05, 3.63) is 102 Å². The second-order valence-corrected chi connectivity index (χ2v) is 16.1. The maximum atomic E-state index is 14.4. The van der Waals surface area contributed by atoms with Crippen molar-refractivity contribution < 1.29 is 23.5 Å². The van der Waals surface area contributed by atoms with Gasteiger partial charge in [-0.15, -0.1) is 0 Å². The van der Waals surface area contributed by atoms with Crippen LogP contribution in [0.3, 0.4) is 0 Å². The molecule has 2 aromatic carbocycles. The van der Waals surface area contributed by atoms with Crippen LogP contribution in [0.1, 0.15) is 88.1 Å². The highest BCUT2D eigenvalue weighted by Crippen LogP contribution is 2.56. The van der Waals surface area contributed by atoms with E-state index in [1.807, 2.05) is 24.9 Å². The minimum Gasteiger partial charge on any atom is -0.453 e. The van der Waals surface area contributed by atoms with E-state index in [1.165, 1.54) is 13.3 Å². The number of imidazole rings is 2. The number of aromatic nitrogens is 5. The Labute approximate surface area is 331 Å². The van der Waals surface area contributed by atoms with Gasteiger partial charge in [-0.05, 0) is 85.1 Å². The van der Waals surface area contributed by atoms with E-state index >= 15 is 0 Å². The van der Waals surface area contributed by atoms with Gasteiger partial charge in [0.15, 0.2) is 0 Å². The number of amides is 3. The van der Waals surface area contributed by atoms with Crippen molar-refractivity contribution in [2.45, 2.75) is 76.9 Å². The number of aromatic amines is 2. The fraction of sp³-hybridized carbons (Fsp3) is 0.409. The van der Waals surface area contributed by atoms with E-state index in [0.29, 0.717) is 18.0 Å². The predicted molar refractivity (Wildman–Crippen MR) is 213 cm³/mol. The zero-order valence-corrected chi connectivity index (χ0v) is 32.7. The molecule has 3 fully saturated rings. The van der Waals surface area contributed by atoms with Gasteiger partial charge in [0, 0.05) is 24.2 Å². The molecular formula is C44H49FN8O4. The molecule has 1 unspecified atom stereocenters. The number of nitrogens with zero attached hydrogens (tertiary/aromatic N) is 4. The second-order valence-electron chi connectivity index (χ2n) is 16.1. The molecule has 12 nitrogen and oxygen atoms in total. The molecule has 3 aromatic heterocycles. The van der Waals surface area contributed by atoms with Crippen LogP contribution in [0.25, 0.3) is 33.6 Å². The molecule has 4 heterocycles. The number of fused-ring (bicyclic) bond motifs is 2. The third kappa shape index (κ3) is 7.54. The minimum atomic E-state index is -0.687. The van der Waals surface area contributed by atoms with E-state index in [2.05, 4.69) is 79.1 Å². The first kappa shape index (κ1) is 38.0. The lowest BCUT2D eigenvalue weighted by Gasteiger charge is -2.30. The summed E-state index contributed by atoms with van der Waals surface area (Å²) in [6.45, 7) is 6.20. The highest BCUT2D eigenvalue weighted by Gasteiger charge is 2.52. The molecule has 8 rings (SSSR count). The molecule has 1 aliphatic heterocycles. The number of rotatable bonds is 11. The number of carbonyl (C=O) groups is 3. The van der Waals surface area contributed by atoms with Crippen molar-refractivity contribution in [2.24, 2.45) is 23.7 Å². The normalized spacial score (nSPS) is 22.4. The maximum absolute atomic E-state index is 14.4. The zero-order chi connectivity index (χ0) is 39.8. The van der Waals surface area contributed by atoms with Gasteiger partial charge in [0.25, 0.3) is 0 Å². The monoisotopic (exact) mass is 772 g/mol. The average molecular weight is 773 g/mol. The van der Waals surface area contributed by atoms with E-state index in [4.69, 9.17) is 9.72 Å². The quantitative estimate of drug-likeness (QED) is 0.100. The van der Waals surface area contributed by atoms with Crippen molar-refractivity contribution in [2.75, 3.05) is 13.7 Å². The standard InChI is InChI=1S/C44H49FN8O4/c1-24(2)38(52-44(56)57-4)43(55)53-20-6-8-35(53)40-47-22-33(50-40)28-13-9-26(10-14-28)27-11-15-29(16-12-27)34-23-48-41(51-34)36-30-17-18-31(21-30)37(36)42(54)49-25(3)32-7-5-19-46-39(32)45/h5,7,9-16,19,22-25,30-31,35-38H,6,8,17-18,20-21H2,1-4H3,(H,47,50)(H,48,51)(H,49,54)(H,52,56)/t25-,30+,31-,35+,36-,37-,38?/m1/s1. The molecule has 2 bridgehead atoms. The zero-order valence-electron chi connectivity index (χ0n) is 32.7. The van der Waals surface area contributed by atoms with Crippen LogP contribution >= 0.6 is 0 Å². The summed E-state index contributed by atoms with van der Waals surface area (Å²) in [7, 11) is 1.29. The third-order valence-corrected chi connectivity index (χ3v) is 12.3. The van der Waals surface area contributed by atoms with Crippen LogP contribution in [-0.2, 0) is 14.3 Å². The first-order valence-corrected chi connectivity index (χ1v) is 20.0. The third-order valence-electron chi connectivity index (χ3n) is 12.3. The summed E-state index contributed by atoms with van der Waals surface area (Å²) in [5, 5.41) is 5.77. The number of methoxy groups -OCH3 is 1. The molecule has 4 N–H and O–H groups in total. The summed E-state index contributed by atoms with van der Waals surface area (Å²) >= 11 is 0. The van der Waals surface area contributed by atoms with E-state index in [-0.39, 0.29) is 41.5 Å². The number of nitrogens with one attached hydrogen (secondary N) is 4. The first-order chi connectivity index (χ1) is 27.6. The van der Waals surface area contributed by atoms with Crippen LogP contribution < -0.4 is 10.6 Å². The summed E-state index contributed by atoms with van der Waals surface area (Å²) in [6, 6.07) is 18.6. The van der Waals surface area contributed by atoms with Crippen LogP contribution in [0.4, 0.5) is 9.18 Å². The topological polar surface area (TPSA) is 158 Å². The van der Waals surface area contributed by atoms with Gasteiger partial charge in [-0.1, -0.05) is 68.4 Å². The molecule has 7 atom stereocenters. The van der Waals surface area contributed by atoms with E-state index in [0.717, 1.165) is 77.4 Å². The number of halogens is 1.